The molecule has 12 rings (SSSR count). The van der Waals surface area contributed by atoms with E-state index in [-0.39, 0.29) is 0 Å². The van der Waals surface area contributed by atoms with Crippen molar-refractivity contribution in [2.24, 2.45) is 0 Å². The SMILES string of the molecule is c1ccc(-c2nc(-c3cccc(-c4cccc5ccccc45)c3)cc(-c3ccc(-c4ccc5c(c4)-c4ccccc4C5(c4ccccc4)c4ccccc4)c4ccccc34)n2)cc1. The van der Waals surface area contributed by atoms with Crippen LogP contribution in [-0.2, 0) is 5.41 Å². The highest BCUT2D eigenvalue weighted by Gasteiger charge is 2.46. The largest absolute Gasteiger partial charge is 0.228 e. The van der Waals surface area contributed by atoms with Gasteiger partial charge in [-0.15, -0.1) is 0 Å². The zero-order chi connectivity index (χ0) is 41.7. The van der Waals surface area contributed by atoms with Crippen molar-refractivity contribution in [3.05, 3.63) is 265 Å². The fourth-order valence-corrected chi connectivity index (χ4v) is 10.2. The van der Waals surface area contributed by atoms with E-state index in [0.717, 1.165) is 39.0 Å². The van der Waals surface area contributed by atoms with Crippen LogP contribution >= 0.6 is 0 Å². The molecule has 10 aromatic carbocycles. The number of benzene rings is 10. The van der Waals surface area contributed by atoms with Crippen molar-refractivity contribution in [3.63, 3.8) is 0 Å². The lowest BCUT2D eigenvalue weighted by Gasteiger charge is -2.33. The molecule has 1 aliphatic rings. The average Bonchev–Trinajstić information content (AvgIpc) is 3.67. The van der Waals surface area contributed by atoms with Crippen LogP contribution in [0.1, 0.15) is 22.3 Å². The summed E-state index contributed by atoms with van der Waals surface area (Å²) in [6, 6.07) is 87.7. The van der Waals surface area contributed by atoms with Gasteiger partial charge in [0.05, 0.1) is 16.8 Å². The van der Waals surface area contributed by atoms with E-state index < -0.39 is 5.41 Å². The van der Waals surface area contributed by atoms with E-state index in [1.165, 1.54) is 66.2 Å². The molecule has 0 saturated carbocycles. The Labute approximate surface area is 367 Å². The van der Waals surface area contributed by atoms with Gasteiger partial charge < -0.3 is 0 Å². The molecule has 11 aromatic rings. The van der Waals surface area contributed by atoms with Gasteiger partial charge in [0.2, 0.25) is 0 Å². The van der Waals surface area contributed by atoms with Crippen molar-refractivity contribution in [1.82, 2.24) is 9.97 Å². The van der Waals surface area contributed by atoms with Gasteiger partial charge in [-0.2, -0.15) is 0 Å². The smallest absolute Gasteiger partial charge is 0.160 e. The van der Waals surface area contributed by atoms with Gasteiger partial charge in [-0.3, -0.25) is 0 Å². The Balaban J connectivity index is 1.02. The molecule has 0 amide bonds. The Kier molecular flexibility index (Phi) is 8.76. The maximum absolute atomic E-state index is 5.31. The molecular weight excluding hydrogens is 761 g/mol. The topological polar surface area (TPSA) is 25.8 Å². The number of fused-ring (bicyclic) bond motifs is 5. The van der Waals surface area contributed by atoms with E-state index in [0.29, 0.717) is 5.82 Å². The minimum absolute atomic E-state index is 0.436. The zero-order valence-corrected chi connectivity index (χ0v) is 34.5. The van der Waals surface area contributed by atoms with E-state index in [2.05, 4.69) is 237 Å². The predicted octanol–water partition coefficient (Wildman–Crippen LogP) is 15.5. The van der Waals surface area contributed by atoms with E-state index in [4.69, 9.17) is 9.97 Å². The van der Waals surface area contributed by atoms with Gasteiger partial charge in [-0.05, 0) is 95.4 Å². The maximum Gasteiger partial charge on any atom is 0.160 e. The summed E-state index contributed by atoms with van der Waals surface area (Å²) < 4.78 is 0. The second-order valence-electron chi connectivity index (χ2n) is 16.4. The number of nitrogens with zero attached hydrogens (tertiary/aromatic N) is 2. The summed E-state index contributed by atoms with van der Waals surface area (Å²) in [5.41, 5.74) is 16.8. The van der Waals surface area contributed by atoms with Crippen LogP contribution in [-0.4, -0.2) is 9.97 Å². The van der Waals surface area contributed by atoms with Crippen molar-refractivity contribution in [1.29, 1.82) is 0 Å². The first-order valence-corrected chi connectivity index (χ1v) is 21.6. The molecular formula is C61H40N2. The fourth-order valence-electron chi connectivity index (χ4n) is 10.2. The monoisotopic (exact) mass is 800 g/mol. The highest BCUT2D eigenvalue weighted by molar-refractivity contribution is 6.06. The molecule has 0 radical (unpaired) electrons. The van der Waals surface area contributed by atoms with Gasteiger partial charge in [0.25, 0.3) is 0 Å². The first-order valence-electron chi connectivity index (χ1n) is 21.6. The molecule has 1 heterocycles. The molecule has 0 fully saturated rings. The number of hydrogen-bond donors (Lipinski definition) is 0. The van der Waals surface area contributed by atoms with Crippen LogP contribution in [0.25, 0.3) is 88.8 Å². The molecule has 0 atom stereocenters. The zero-order valence-electron chi connectivity index (χ0n) is 34.5. The van der Waals surface area contributed by atoms with Gasteiger partial charge in [0, 0.05) is 16.7 Å². The summed E-state index contributed by atoms with van der Waals surface area (Å²) in [5, 5.41) is 4.78. The van der Waals surface area contributed by atoms with Gasteiger partial charge in [-0.25, -0.2) is 9.97 Å². The molecule has 0 unspecified atom stereocenters. The summed E-state index contributed by atoms with van der Waals surface area (Å²) in [5.74, 6) is 0.699. The predicted molar refractivity (Wildman–Crippen MR) is 262 cm³/mol. The van der Waals surface area contributed by atoms with Crippen molar-refractivity contribution in [3.8, 4) is 67.3 Å². The van der Waals surface area contributed by atoms with Crippen LogP contribution < -0.4 is 0 Å². The summed E-state index contributed by atoms with van der Waals surface area (Å²) in [6.07, 6.45) is 0. The molecule has 0 saturated heterocycles. The molecule has 1 aliphatic carbocycles. The number of hydrogen-bond acceptors (Lipinski definition) is 2. The molecule has 0 bridgehead atoms. The molecule has 2 heteroatoms. The molecule has 0 aliphatic heterocycles. The van der Waals surface area contributed by atoms with Crippen LogP contribution in [0.3, 0.4) is 0 Å². The van der Waals surface area contributed by atoms with Crippen molar-refractivity contribution in [2.45, 2.75) is 5.41 Å². The van der Waals surface area contributed by atoms with Crippen LogP contribution in [0.15, 0.2) is 243 Å². The van der Waals surface area contributed by atoms with Crippen molar-refractivity contribution in [2.75, 3.05) is 0 Å². The Morgan fingerprint density at radius 2 is 0.778 bits per heavy atom. The second-order valence-corrected chi connectivity index (χ2v) is 16.4. The van der Waals surface area contributed by atoms with Crippen LogP contribution in [0.5, 0.6) is 0 Å². The Hall–Kier alpha value is -8.20. The van der Waals surface area contributed by atoms with Crippen molar-refractivity contribution >= 4 is 21.5 Å². The Morgan fingerprint density at radius 1 is 0.270 bits per heavy atom. The lowest BCUT2D eigenvalue weighted by molar-refractivity contribution is 0.768. The van der Waals surface area contributed by atoms with E-state index in [1.807, 2.05) is 6.07 Å². The summed E-state index contributed by atoms with van der Waals surface area (Å²) in [4.78, 5) is 10.5. The molecule has 0 spiro atoms. The fraction of sp³-hybridized carbons (Fsp3) is 0.0164. The van der Waals surface area contributed by atoms with Gasteiger partial charge >= 0.3 is 0 Å². The lowest BCUT2D eigenvalue weighted by atomic mass is 9.67. The maximum atomic E-state index is 5.31. The molecule has 294 valence electrons. The van der Waals surface area contributed by atoms with Crippen LogP contribution in [0.2, 0.25) is 0 Å². The molecule has 63 heavy (non-hydrogen) atoms. The lowest BCUT2D eigenvalue weighted by Crippen LogP contribution is -2.28. The Morgan fingerprint density at radius 3 is 1.56 bits per heavy atom. The van der Waals surface area contributed by atoms with Crippen molar-refractivity contribution < 1.29 is 0 Å². The third kappa shape index (κ3) is 6.02. The summed E-state index contributed by atoms with van der Waals surface area (Å²) in [6.45, 7) is 0. The number of aromatic nitrogens is 2. The minimum Gasteiger partial charge on any atom is -0.228 e. The summed E-state index contributed by atoms with van der Waals surface area (Å²) >= 11 is 0. The first-order chi connectivity index (χ1) is 31.2. The molecule has 2 nitrogen and oxygen atoms in total. The van der Waals surface area contributed by atoms with E-state index in [9.17, 15) is 0 Å². The average molecular weight is 801 g/mol. The van der Waals surface area contributed by atoms with E-state index in [1.54, 1.807) is 0 Å². The molecule has 0 N–H and O–H groups in total. The summed E-state index contributed by atoms with van der Waals surface area (Å²) in [7, 11) is 0. The van der Waals surface area contributed by atoms with Gasteiger partial charge in [0.15, 0.2) is 5.82 Å². The highest BCUT2D eigenvalue weighted by Crippen LogP contribution is 2.57. The highest BCUT2D eigenvalue weighted by atomic mass is 14.9. The Bertz CT molecular complexity index is 3460. The minimum atomic E-state index is -0.436. The number of rotatable bonds is 7. The van der Waals surface area contributed by atoms with Gasteiger partial charge in [0.1, 0.15) is 0 Å². The molecule has 1 aromatic heterocycles. The van der Waals surface area contributed by atoms with E-state index >= 15 is 0 Å². The van der Waals surface area contributed by atoms with Gasteiger partial charge in [-0.1, -0.05) is 224 Å². The third-order valence-corrected chi connectivity index (χ3v) is 13.0. The normalized spacial score (nSPS) is 12.6. The van der Waals surface area contributed by atoms with Crippen LogP contribution in [0.4, 0.5) is 0 Å². The third-order valence-electron chi connectivity index (χ3n) is 13.0. The van der Waals surface area contributed by atoms with Crippen LogP contribution in [0, 0.1) is 0 Å². The first kappa shape index (κ1) is 36.6. The second kappa shape index (κ2) is 15.1. The quantitative estimate of drug-likeness (QED) is 0.160. The standard InChI is InChI=1S/C61H40N2/c1-4-19-42(20-5-1)60-62-58(45-23-16-22-43(38-45)49-32-17-21-41-18-10-11-28-48(41)49)40-59(63-60)54-36-35-50(51-29-12-13-30-52(51)54)44-34-37-57-55(39-44)53-31-14-15-33-56(53)61(57,46-24-6-2-7-25-46)47-26-8-3-9-27-47/h1-40H.